The third kappa shape index (κ3) is 0.708. The van der Waals surface area contributed by atoms with Crippen LogP contribution in [0.3, 0.4) is 0 Å². The monoisotopic (exact) mass is 138 g/mol. The van der Waals surface area contributed by atoms with Gasteiger partial charge in [0.2, 0.25) is 6.79 Å². The first kappa shape index (κ1) is 5.53. The van der Waals surface area contributed by atoms with Crippen LogP contribution < -0.4 is 0 Å². The molecule has 0 aromatic rings. The van der Waals surface area contributed by atoms with E-state index in [9.17, 15) is 4.79 Å². The van der Waals surface area contributed by atoms with Crippen LogP contribution in [-0.4, -0.2) is 12.6 Å². The number of carbonyl (C=O) groups excluding carboxylic acids is 1. The summed E-state index contributed by atoms with van der Waals surface area (Å²) in [5.41, 5.74) is 0. The molecular weight excluding hydrogens is 132 g/mol. The van der Waals surface area contributed by atoms with E-state index in [2.05, 4.69) is 0 Å². The van der Waals surface area contributed by atoms with Gasteiger partial charge in [-0.1, -0.05) is 0 Å². The van der Waals surface area contributed by atoms with Gasteiger partial charge in [-0.15, -0.1) is 0 Å². The lowest BCUT2D eigenvalue weighted by Crippen LogP contribution is -2.01. The van der Waals surface area contributed by atoms with Gasteiger partial charge in [-0.2, -0.15) is 0 Å². The molecule has 1 heterocycles. The summed E-state index contributed by atoms with van der Waals surface area (Å²) in [4.78, 5) is 10.7. The van der Waals surface area contributed by atoms with Crippen molar-refractivity contribution in [2.45, 2.75) is 6.42 Å². The first-order valence-electron chi connectivity index (χ1n) is 3.06. The molecule has 0 bridgehead atoms. The van der Waals surface area contributed by atoms with Crippen LogP contribution in [0.25, 0.3) is 0 Å². The summed E-state index contributed by atoms with van der Waals surface area (Å²) < 4.78 is 10.0. The van der Waals surface area contributed by atoms with Gasteiger partial charge in [0.15, 0.2) is 17.3 Å². The number of carbonyl (C=O) groups is 1. The van der Waals surface area contributed by atoms with Gasteiger partial charge in [0.05, 0.1) is 6.42 Å². The van der Waals surface area contributed by atoms with Gasteiger partial charge in [0.25, 0.3) is 0 Å². The molecule has 1 aliphatic carbocycles. The van der Waals surface area contributed by atoms with Crippen LogP contribution >= 0.6 is 0 Å². The maximum atomic E-state index is 10.7. The van der Waals surface area contributed by atoms with Gasteiger partial charge in [-0.05, 0) is 12.2 Å². The van der Waals surface area contributed by atoms with E-state index in [1.54, 1.807) is 6.08 Å². The summed E-state index contributed by atoms with van der Waals surface area (Å²) in [6.45, 7) is 0.252. The molecule has 3 nitrogen and oxygen atoms in total. The number of rotatable bonds is 0. The molecule has 0 saturated carbocycles. The van der Waals surface area contributed by atoms with Crippen molar-refractivity contribution in [3.63, 3.8) is 0 Å². The molecule has 0 atom stereocenters. The SMILES string of the molecule is O=C1C=CC2=C(C1)OCO2. The van der Waals surface area contributed by atoms with E-state index in [-0.39, 0.29) is 12.6 Å². The molecular formula is C7H6O3. The van der Waals surface area contributed by atoms with Gasteiger partial charge in [-0.3, -0.25) is 4.79 Å². The van der Waals surface area contributed by atoms with Crippen LogP contribution in [0, 0.1) is 0 Å². The molecule has 0 amide bonds. The standard InChI is InChI=1S/C7H6O3/c8-5-1-2-6-7(3-5)10-4-9-6/h1-2H,3-4H2. The first-order valence-corrected chi connectivity index (χ1v) is 3.06. The normalized spacial score (nSPS) is 22.2. The number of allylic oxidation sites excluding steroid dienone is 3. The predicted octanol–water partition coefficient (Wildman–Crippen LogP) is 0.731. The van der Waals surface area contributed by atoms with E-state index in [4.69, 9.17) is 9.47 Å². The van der Waals surface area contributed by atoms with Crippen LogP contribution in [0.2, 0.25) is 0 Å². The van der Waals surface area contributed by atoms with E-state index in [1.807, 2.05) is 0 Å². The topological polar surface area (TPSA) is 35.5 Å². The molecule has 0 N–H and O–H groups in total. The molecule has 1 aliphatic heterocycles. The first-order chi connectivity index (χ1) is 4.86. The Morgan fingerprint density at radius 1 is 1.30 bits per heavy atom. The fraction of sp³-hybridized carbons (Fsp3) is 0.286. The summed E-state index contributed by atoms with van der Waals surface area (Å²) in [5.74, 6) is 1.45. The lowest BCUT2D eigenvalue weighted by Gasteiger charge is -2.01. The van der Waals surface area contributed by atoms with Crippen molar-refractivity contribution in [1.29, 1.82) is 0 Å². The van der Waals surface area contributed by atoms with E-state index in [1.165, 1.54) is 6.08 Å². The lowest BCUT2D eigenvalue weighted by molar-refractivity contribution is -0.114. The molecule has 2 rings (SSSR count). The van der Waals surface area contributed by atoms with Crippen molar-refractivity contribution in [3.8, 4) is 0 Å². The van der Waals surface area contributed by atoms with Gasteiger partial charge in [0.1, 0.15) is 0 Å². The number of hydrogen-bond donors (Lipinski definition) is 0. The number of ketones is 1. The van der Waals surface area contributed by atoms with Crippen molar-refractivity contribution >= 4 is 5.78 Å². The highest BCUT2D eigenvalue weighted by Gasteiger charge is 2.20. The van der Waals surface area contributed by atoms with E-state index < -0.39 is 0 Å². The fourth-order valence-electron chi connectivity index (χ4n) is 0.981. The summed E-state index contributed by atoms with van der Waals surface area (Å²) in [6.07, 6.45) is 3.51. The largest absolute Gasteiger partial charge is 0.457 e. The van der Waals surface area contributed by atoms with Gasteiger partial charge >= 0.3 is 0 Å². The average molecular weight is 138 g/mol. The van der Waals surface area contributed by atoms with Gasteiger partial charge < -0.3 is 9.47 Å². The molecule has 0 radical (unpaired) electrons. The highest BCUT2D eigenvalue weighted by molar-refractivity contribution is 5.93. The zero-order chi connectivity index (χ0) is 6.97. The minimum absolute atomic E-state index is 0.0734. The molecule has 2 aliphatic rings. The average Bonchev–Trinajstić information content (AvgIpc) is 2.33. The van der Waals surface area contributed by atoms with Gasteiger partial charge in [-0.25, -0.2) is 0 Å². The molecule has 0 aromatic heterocycles. The number of ether oxygens (including phenoxy) is 2. The number of hydrogen-bond acceptors (Lipinski definition) is 3. The molecule has 0 spiro atoms. The third-order valence-corrected chi connectivity index (χ3v) is 1.48. The van der Waals surface area contributed by atoms with E-state index >= 15 is 0 Å². The Kier molecular flexibility index (Phi) is 1.03. The van der Waals surface area contributed by atoms with Crippen LogP contribution in [-0.2, 0) is 14.3 Å². The Bertz CT molecular complexity index is 237. The van der Waals surface area contributed by atoms with Crippen LogP contribution in [0.4, 0.5) is 0 Å². The maximum Gasteiger partial charge on any atom is 0.230 e. The molecule has 0 fully saturated rings. The molecule has 3 heteroatoms. The predicted molar refractivity (Wildman–Crippen MR) is 32.8 cm³/mol. The fourth-order valence-corrected chi connectivity index (χ4v) is 0.981. The Morgan fingerprint density at radius 3 is 3.10 bits per heavy atom. The van der Waals surface area contributed by atoms with E-state index in [0.29, 0.717) is 17.9 Å². The minimum Gasteiger partial charge on any atom is -0.457 e. The second-order valence-electron chi connectivity index (χ2n) is 2.17. The van der Waals surface area contributed by atoms with Crippen molar-refractivity contribution in [2.75, 3.05) is 6.79 Å². The zero-order valence-corrected chi connectivity index (χ0v) is 5.29. The summed E-state index contributed by atoms with van der Waals surface area (Å²) in [6, 6.07) is 0. The Balaban J connectivity index is 2.30. The smallest absolute Gasteiger partial charge is 0.230 e. The van der Waals surface area contributed by atoms with E-state index in [0.717, 1.165) is 0 Å². The Morgan fingerprint density at radius 2 is 2.20 bits per heavy atom. The zero-order valence-electron chi connectivity index (χ0n) is 5.29. The Labute approximate surface area is 57.9 Å². The van der Waals surface area contributed by atoms with Gasteiger partial charge in [0, 0.05) is 0 Å². The lowest BCUT2D eigenvalue weighted by atomic mass is 10.1. The molecule has 10 heavy (non-hydrogen) atoms. The van der Waals surface area contributed by atoms with Crippen molar-refractivity contribution in [3.05, 3.63) is 23.7 Å². The minimum atomic E-state index is 0.0734. The van der Waals surface area contributed by atoms with Crippen molar-refractivity contribution in [2.24, 2.45) is 0 Å². The highest BCUT2D eigenvalue weighted by Crippen LogP contribution is 2.23. The Hall–Kier alpha value is -1.25. The van der Waals surface area contributed by atoms with Crippen LogP contribution in [0.15, 0.2) is 23.7 Å². The summed E-state index contributed by atoms with van der Waals surface area (Å²) >= 11 is 0. The third-order valence-electron chi connectivity index (χ3n) is 1.48. The quantitative estimate of drug-likeness (QED) is 0.495. The summed E-state index contributed by atoms with van der Waals surface area (Å²) in [5, 5.41) is 0. The molecule has 0 aromatic carbocycles. The second-order valence-corrected chi connectivity index (χ2v) is 2.17. The molecule has 0 saturated heterocycles. The van der Waals surface area contributed by atoms with Crippen molar-refractivity contribution < 1.29 is 14.3 Å². The van der Waals surface area contributed by atoms with Crippen molar-refractivity contribution in [1.82, 2.24) is 0 Å². The molecule has 0 unspecified atom stereocenters. The summed E-state index contributed by atoms with van der Waals surface area (Å²) in [7, 11) is 0. The van der Waals surface area contributed by atoms with Crippen LogP contribution in [0.1, 0.15) is 6.42 Å². The maximum absolute atomic E-state index is 10.7. The molecule has 52 valence electrons. The van der Waals surface area contributed by atoms with Crippen LogP contribution in [0.5, 0.6) is 0 Å². The highest BCUT2D eigenvalue weighted by atomic mass is 16.7. The second kappa shape index (κ2) is 1.87.